The second-order valence-corrected chi connectivity index (χ2v) is 7.36. The van der Waals surface area contributed by atoms with Crippen LogP contribution in [0.4, 0.5) is 13.2 Å². The van der Waals surface area contributed by atoms with Crippen LogP contribution in [-0.4, -0.2) is 45.9 Å². The fourth-order valence-electron chi connectivity index (χ4n) is 4.20. The number of fused-ring (bicyclic) bond motifs is 1. The Morgan fingerprint density at radius 3 is 2.82 bits per heavy atom. The first-order valence-corrected chi connectivity index (χ1v) is 9.51. The van der Waals surface area contributed by atoms with Crippen molar-refractivity contribution >= 4 is 5.91 Å². The molecule has 2 unspecified atom stereocenters. The smallest absolute Gasteiger partial charge is 0.374 e. The van der Waals surface area contributed by atoms with Gasteiger partial charge >= 0.3 is 6.18 Å². The van der Waals surface area contributed by atoms with Gasteiger partial charge < -0.3 is 9.64 Å². The van der Waals surface area contributed by atoms with Crippen molar-refractivity contribution in [1.29, 1.82) is 0 Å². The summed E-state index contributed by atoms with van der Waals surface area (Å²) in [5, 5.41) is 4.20. The monoisotopic (exact) mass is 393 g/mol. The lowest BCUT2D eigenvalue weighted by Gasteiger charge is -2.43. The molecule has 0 N–H and O–H groups in total. The summed E-state index contributed by atoms with van der Waals surface area (Å²) in [6.45, 7) is 2.74. The van der Waals surface area contributed by atoms with E-state index >= 15 is 0 Å². The zero-order valence-electron chi connectivity index (χ0n) is 15.6. The maximum Gasteiger partial charge on any atom is 0.416 e. The van der Waals surface area contributed by atoms with Crippen molar-refractivity contribution in [2.45, 2.75) is 50.9 Å². The topological polar surface area (TPSA) is 47.4 Å². The molecule has 0 radical (unpaired) electrons. The number of nitrogens with zero attached hydrogens (tertiary/aromatic N) is 3. The molecule has 1 saturated heterocycles. The zero-order chi connectivity index (χ0) is 19.9. The number of amides is 1. The van der Waals surface area contributed by atoms with E-state index in [1.54, 1.807) is 13.0 Å². The van der Waals surface area contributed by atoms with Gasteiger partial charge in [-0.3, -0.25) is 4.79 Å². The molecule has 0 bridgehead atoms. The highest BCUT2D eigenvalue weighted by Crippen LogP contribution is 2.32. The van der Waals surface area contributed by atoms with Gasteiger partial charge in [0.2, 0.25) is 0 Å². The quantitative estimate of drug-likeness (QED) is 0.775. The van der Waals surface area contributed by atoms with Gasteiger partial charge in [0.05, 0.1) is 47.5 Å². The number of carbonyl (C=O) groups is 1. The summed E-state index contributed by atoms with van der Waals surface area (Å²) < 4.78 is 46.3. The molecule has 0 spiro atoms. The van der Waals surface area contributed by atoms with Crippen molar-refractivity contribution in [3.63, 3.8) is 0 Å². The second-order valence-electron chi connectivity index (χ2n) is 7.36. The standard InChI is InChI=1S/C20H22F3N3O2/c1-13-16(19(27)25-9-10-28-18-8-3-2-7-17(18)25)12-24-26(13)15-6-4-5-14(11-15)20(21,22)23/h4-6,11-12,17-18H,2-3,7-10H2,1H3. The van der Waals surface area contributed by atoms with Gasteiger partial charge in [-0.15, -0.1) is 0 Å². The first-order chi connectivity index (χ1) is 13.4. The molecule has 2 aliphatic rings. The number of ether oxygens (including phenoxy) is 1. The van der Waals surface area contributed by atoms with E-state index in [9.17, 15) is 18.0 Å². The average molecular weight is 393 g/mol. The summed E-state index contributed by atoms with van der Waals surface area (Å²) >= 11 is 0. The zero-order valence-corrected chi connectivity index (χ0v) is 15.6. The van der Waals surface area contributed by atoms with E-state index in [1.165, 1.54) is 16.9 Å². The predicted octanol–water partition coefficient (Wildman–Crippen LogP) is 3.98. The van der Waals surface area contributed by atoms with Gasteiger partial charge in [-0.2, -0.15) is 18.3 Å². The molecule has 1 aromatic carbocycles. The Kier molecular flexibility index (Phi) is 4.91. The fourth-order valence-corrected chi connectivity index (χ4v) is 4.20. The summed E-state index contributed by atoms with van der Waals surface area (Å²) in [6.07, 6.45) is 1.14. The van der Waals surface area contributed by atoms with Crippen LogP contribution in [0.3, 0.4) is 0 Å². The summed E-state index contributed by atoms with van der Waals surface area (Å²) in [5.74, 6) is -0.129. The number of hydrogen-bond donors (Lipinski definition) is 0. The molecule has 5 nitrogen and oxygen atoms in total. The Labute approximate surface area is 161 Å². The van der Waals surface area contributed by atoms with Crippen LogP contribution in [0, 0.1) is 6.92 Å². The van der Waals surface area contributed by atoms with Crippen LogP contribution in [-0.2, 0) is 10.9 Å². The number of alkyl halides is 3. The SMILES string of the molecule is Cc1c(C(=O)N2CCOC3CCCCC32)cnn1-c1cccc(C(F)(F)F)c1. The van der Waals surface area contributed by atoms with Crippen LogP contribution in [0.2, 0.25) is 0 Å². The molecule has 2 fully saturated rings. The number of aromatic nitrogens is 2. The van der Waals surface area contributed by atoms with Gasteiger partial charge in [-0.25, -0.2) is 4.68 Å². The molecule has 1 aliphatic carbocycles. The van der Waals surface area contributed by atoms with Gasteiger partial charge in [0.25, 0.3) is 5.91 Å². The molecule has 28 heavy (non-hydrogen) atoms. The first kappa shape index (κ1) is 19.0. The minimum absolute atomic E-state index is 0.0614. The molecule has 1 aromatic heterocycles. The minimum atomic E-state index is -4.43. The van der Waals surface area contributed by atoms with Crippen LogP contribution in [0.5, 0.6) is 0 Å². The molecule has 2 atom stereocenters. The highest BCUT2D eigenvalue weighted by Gasteiger charge is 2.38. The molecular formula is C20H22F3N3O2. The highest BCUT2D eigenvalue weighted by atomic mass is 19.4. The van der Waals surface area contributed by atoms with Crippen molar-refractivity contribution in [3.05, 3.63) is 47.3 Å². The molecule has 2 aromatic rings. The van der Waals surface area contributed by atoms with Crippen LogP contribution >= 0.6 is 0 Å². The first-order valence-electron chi connectivity index (χ1n) is 9.51. The number of benzene rings is 1. The Hall–Kier alpha value is -2.35. The molecule has 8 heteroatoms. The van der Waals surface area contributed by atoms with Crippen LogP contribution in [0.1, 0.15) is 47.3 Å². The lowest BCUT2D eigenvalue weighted by atomic mass is 9.90. The largest absolute Gasteiger partial charge is 0.416 e. The lowest BCUT2D eigenvalue weighted by molar-refractivity contribution is -0.137. The number of hydrogen-bond acceptors (Lipinski definition) is 3. The van der Waals surface area contributed by atoms with Crippen molar-refractivity contribution in [2.24, 2.45) is 0 Å². The molecular weight excluding hydrogens is 371 g/mol. The highest BCUT2D eigenvalue weighted by molar-refractivity contribution is 5.95. The molecule has 2 heterocycles. The summed E-state index contributed by atoms with van der Waals surface area (Å²) in [7, 11) is 0. The fraction of sp³-hybridized carbons (Fsp3) is 0.500. The van der Waals surface area contributed by atoms with E-state index in [-0.39, 0.29) is 23.7 Å². The maximum atomic E-state index is 13.2. The van der Waals surface area contributed by atoms with E-state index in [1.807, 2.05) is 4.90 Å². The van der Waals surface area contributed by atoms with Crippen molar-refractivity contribution in [1.82, 2.24) is 14.7 Å². The Morgan fingerprint density at radius 1 is 1.25 bits per heavy atom. The van der Waals surface area contributed by atoms with Gasteiger partial charge in [0.1, 0.15) is 0 Å². The number of halogens is 3. The third-order valence-electron chi connectivity index (χ3n) is 5.65. The number of rotatable bonds is 2. The molecule has 1 saturated carbocycles. The molecule has 1 amide bonds. The van der Waals surface area contributed by atoms with Crippen LogP contribution < -0.4 is 0 Å². The summed E-state index contributed by atoms with van der Waals surface area (Å²) in [4.78, 5) is 15.0. The van der Waals surface area contributed by atoms with E-state index in [0.29, 0.717) is 24.4 Å². The minimum Gasteiger partial charge on any atom is -0.374 e. The Morgan fingerprint density at radius 2 is 2.04 bits per heavy atom. The van der Waals surface area contributed by atoms with E-state index in [2.05, 4.69) is 5.10 Å². The lowest BCUT2D eigenvalue weighted by Crippen LogP contribution is -2.54. The van der Waals surface area contributed by atoms with E-state index in [4.69, 9.17) is 4.74 Å². The Balaban J connectivity index is 1.62. The van der Waals surface area contributed by atoms with E-state index < -0.39 is 11.7 Å². The predicted molar refractivity (Wildman–Crippen MR) is 96.3 cm³/mol. The van der Waals surface area contributed by atoms with E-state index in [0.717, 1.165) is 37.8 Å². The molecule has 4 rings (SSSR count). The van der Waals surface area contributed by atoms with Crippen LogP contribution in [0.15, 0.2) is 30.5 Å². The molecule has 1 aliphatic heterocycles. The van der Waals surface area contributed by atoms with Gasteiger partial charge in [-0.1, -0.05) is 18.9 Å². The summed E-state index contributed by atoms with van der Waals surface area (Å²) in [6, 6.07) is 5.02. The normalized spacial score (nSPS) is 22.8. The van der Waals surface area contributed by atoms with Crippen molar-refractivity contribution in [2.75, 3.05) is 13.2 Å². The van der Waals surface area contributed by atoms with Gasteiger partial charge in [-0.05, 0) is 38.0 Å². The van der Waals surface area contributed by atoms with Gasteiger partial charge in [0, 0.05) is 6.54 Å². The second kappa shape index (κ2) is 7.24. The molecule has 150 valence electrons. The van der Waals surface area contributed by atoms with Gasteiger partial charge in [0.15, 0.2) is 0 Å². The third kappa shape index (κ3) is 3.41. The van der Waals surface area contributed by atoms with Crippen LogP contribution in [0.25, 0.3) is 5.69 Å². The van der Waals surface area contributed by atoms with Crippen molar-refractivity contribution < 1.29 is 22.7 Å². The number of morpholine rings is 1. The average Bonchev–Trinajstić information content (AvgIpc) is 3.08. The number of carbonyl (C=O) groups excluding carboxylic acids is 1. The maximum absolute atomic E-state index is 13.2. The van der Waals surface area contributed by atoms with Crippen molar-refractivity contribution in [3.8, 4) is 5.69 Å². The Bertz CT molecular complexity index is 876. The summed E-state index contributed by atoms with van der Waals surface area (Å²) in [5.41, 5.74) is 0.488. The third-order valence-corrected chi connectivity index (χ3v) is 5.65.